The van der Waals surface area contributed by atoms with Crippen molar-refractivity contribution >= 4 is 28.9 Å². The number of rotatable bonds is 3. The van der Waals surface area contributed by atoms with E-state index >= 15 is 0 Å². The van der Waals surface area contributed by atoms with E-state index in [0.29, 0.717) is 29.4 Å². The summed E-state index contributed by atoms with van der Waals surface area (Å²) in [7, 11) is 1.77. The molecule has 1 aliphatic heterocycles. The molecule has 1 aliphatic rings. The van der Waals surface area contributed by atoms with Gasteiger partial charge in [0.15, 0.2) is 5.82 Å². The number of amides is 1. The van der Waals surface area contributed by atoms with Gasteiger partial charge in [0.1, 0.15) is 0 Å². The number of hydrogen-bond acceptors (Lipinski definition) is 4. The van der Waals surface area contributed by atoms with Crippen molar-refractivity contribution in [2.24, 2.45) is 5.73 Å². The average Bonchev–Trinajstić information content (AvgIpc) is 2.55. The van der Waals surface area contributed by atoms with E-state index in [1.165, 1.54) is 6.07 Å². The SMILES string of the molecule is CN(Cc1ccc2c(c1)C[C@H](N)C(=O)N2O)c1cccc(Cl)c1F. The Hall–Kier alpha value is -2.15. The Kier molecular flexibility index (Phi) is 4.45. The van der Waals surface area contributed by atoms with Gasteiger partial charge in [0.2, 0.25) is 0 Å². The molecular weight excluding hydrogens is 333 g/mol. The fourth-order valence-corrected chi connectivity index (χ4v) is 3.02. The maximum absolute atomic E-state index is 14.1. The van der Waals surface area contributed by atoms with Crippen LogP contribution in [0.5, 0.6) is 0 Å². The van der Waals surface area contributed by atoms with Crippen LogP contribution < -0.4 is 15.7 Å². The lowest BCUT2D eigenvalue weighted by Crippen LogP contribution is -2.47. The van der Waals surface area contributed by atoms with Crippen LogP contribution in [0.4, 0.5) is 15.8 Å². The second kappa shape index (κ2) is 6.39. The van der Waals surface area contributed by atoms with Crippen molar-refractivity contribution in [3.63, 3.8) is 0 Å². The average molecular weight is 350 g/mol. The van der Waals surface area contributed by atoms with Gasteiger partial charge in [-0.25, -0.2) is 4.39 Å². The van der Waals surface area contributed by atoms with Crippen LogP contribution in [0, 0.1) is 5.82 Å². The lowest BCUT2D eigenvalue weighted by Gasteiger charge is -2.28. The van der Waals surface area contributed by atoms with Crippen molar-refractivity contribution in [1.82, 2.24) is 0 Å². The van der Waals surface area contributed by atoms with Gasteiger partial charge in [-0.05, 0) is 35.7 Å². The largest absolute Gasteiger partial charge is 0.368 e. The van der Waals surface area contributed by atoms with E-state index in [4.69, 9.17) is 17.3 Å². The molecule has 0 aromatic heterocycles. The zero-order valence-corrected chi connectivity index (χ0v) is 13.8. The number of nitrogens with zero attached hydrogens (tertiary/aromatic N) is 2. The molecule has 0 aliphatic carbocycles. The topological polar surface area (TPSA) is 69.8 Å². The predicted molar refractivity (Wildman–Crippen MR) is 90.9 cm³/mol. The van der Waals surface area contributed by atoms with E-state index in [9.17, 15) is 14.4 Å². The number of benzene rings is 2. The van der Waals surface area contributed by atoms with Gasteiger partial charge < -0.3 is 10.6 Å². The first-order valence-electron chi connectivity index (χ1n) is 7.44. The molecule has 24 heavy (non-hydrogen) atoms. The fraction of sp³-hybridized carbons (Fsp3) is 0.235. The lowest BCUT2D eigenvalue weighted by atomic mass is 9.97. The third-order valence-electron chi connectivity index (χ3n) is 4.10. The second-order valence-electron chi connectivity index (χ2n) is 5.85. The van der Waals surface area contributed by atoms with Gasteiger partial charge in [-0.15, -0.1) is 0 Å². The van der Waals surface area contributed by atoms with Crippen LogP contribution in [0.3, 0.4) is 0 Å². The number of nitrogens with two attached hydrogens (primary N) is 1. The van der Waals surface area contributed by atoms with Crippen molar-refractivity contribution in [3.8, 4) is 0 Å². The second-order valence-corrected chi connectivity index (χ2v) is 6.26. The standard InChI is InChI=1S/C17H17ClFN3O2/c1-21(15-4-2-3-12(18)16(15)19)9-10-5-6-14-11(7-10)8-13(20)17(23)22(14)24/h2-7,13,24H,8-9,20H2,1H3/t13-/m0/s1. The Labute approximate surface area is 144 Å². The summed E-state index contributed by atoms with van der Waals surface area (Å²) in [6, 6.07) is 9.40. The Balaban J connectivity index is 1.85. The summed E-state index contributed by atoms with van der Waals surface area (Å²) in [4.78, 5) is 13.4. The highest BCUT2D eigenvalue weighted by atomic mass is 35.5. The zero-order chi connectivity index (χ0) is 17.4. The highest BCUT2D eigenvalue weighted by Crippen LogP contribution is 2.29. The van der Waals surface area contributed by atoms with Gasteiger partial charge in [0.05, 0.1) is 22.4 Å². The molecule has 2 aromatic carbocycles. The monoisotopic (exact) mass is 349 g/mol. The number of halogens is 2. The van der Waals surface area contributed by atoms with Gasteiger partial charge in [-0.1, -0.05) is 29.8 Å². The van der Waals surface area contributed by atoms with Crippen LogP contribution in [0.2, 0.25) is 5.02 Å². The fourth-order valence-electron chi connectivity index (χ4n) is 2.85. The van der Waals surface area contributed by atoms with E-state index in [0.717, 1.165) is 11.1 Å². The summed E-state index contributed by atoms with van der Waals surface area (Å²) in [5.41, 5.74) is 8.26. The molecule has 0 spiro atoms. The lowest BCUT2D eigenvalue weighted by molar-refractivity contribution is -0.125. The number of fused-ring (bicyclic) bond motifs is 1. The Morgan fingerprint density at radius 1 is 1.42 bits per heavy atom. The maximum Gasteiger partial charge on any atom is 0.267 e. The zero-order valence-electron chi connectivity index (χ0n) is 13.0. The van der Waals surface area contributed by atoms with Crippen molar-refractivity contribution in [3.05, 3.63) is 58.4 Å². The Morgan fingerprint density at radius 2 is 2.17 bits per heavy atom. The van der Waals surface area contributed by atoms with Crippen molar-refractivity contribution in [2.75, 3.05) is 17.0 Å². The summed E-state index contributed by atoms with van der Waals surface area (Å²) in [6.07, 6.45) is 0.355. The third-order valence-corrected chi connectivity index (χ3v) is 4.39. The first-order chi connectivity index (χ1) is 11.4. The first-order valence-corrected chi connectivity index (χ1v) is 7.81. The predicted octanol–water partition coefficient (Wildman–Crippen LogP) is 2.72. The van der Waals surface area contributed by atoms with Crippen LogP contribution in [-0.2, 0) is 17.8 Å². The molecule has 0 fully saturated rings. The highest BCUT2D eigenvalue weighted by Gasteiger charge is 2.29. The molecule has 7 heteroatoms. The van der Waals surface area contributed by atoms with Crippen LogP contribution in [0.1, 0.15) is 11.1 Å². The summed E-state index contributed by atoms with van der Waals surface area (Å²) < 4.78 is 14.1. The van der Waals surface area contributed by atoms with Crippen LogP contribution >= 0.6 is 11.6 Å². The molecule has 0 saturated heterocycles. The molecule has 1 amide bonds. The smallest absolute Gasteiger partial charge is 0.267 e. The molecule has 1 heterocycles. The van der Waals surface area contributed by atoms with Gasteiger partial charge >= 0.3 is 0 Å². The normalized spacial score (nSPS) is 17.0. The van der Waals surface area contributed by atoms with E-state index in [1.807, 2.05) is 6.07 Å². The van der Waals surface area contributed by atoms with Crippen molar-refractivity contribution in [2.45, 2.75) is 19.0 Å². The van der Waals surface area contributed by atoms with Gasteiger partial charge in [-0.2, -0.15) is 5.06 Å². The van der Waals surface area contributed by atoms with E-state index in [-0.39, 0.29) is 5.02 Å². The van der Waals surface area contributed by atoms with E-state index < -0.39 is 17.8 Å². The van der Waals surface area contributed by atoms with Crippen molar-refractivity contribution in [1.29, 1.82) is 0 Å². The molecule has 0 bridgehead atoms. The molecular formula is C17H17ClFN3O2. The number of carbonyl (C=O) groups excluding carboxylic acids is 1. The minimum atomic E-state index is -0.763. The summed E-state index contributed by atoms with van der Waals surface area (Å²) in [5.74, 6) is -0.984. The third kappa shape index (κ3) is 2.96. The van der Waals surface area contributed by atoms with Crippen molar-refractivity contribution < 1.29 is 14.4 Å². The van der Waals surface area contributed by atoms with Gasteiger partial charge in [0.25, 0.3) is 5.91 Å². The minimum absolute atomic E-state index is 0.0743. The van der Waals surface area contributed by atoms with Gasteiger partial charge in [-0.3, -0.25) is 10.0 Å². The molecule has 2 aromatic rings. The molecule has 3 rings (SSSR count). The summed E-state index contributed by atoms with van der Waals surface area (Å²) in [5, 5.41) is 10.5. The summed E-state index contributed by atoms with van der Waals surface area (Å²) in [6.45, 7) is 0.444. The Bertz CT molecular complexity index is 799. The quantitative estimate of drug-likeness (QED) is 0.836. The van der Waals surface area contributed by atoms with Crippen LogP contribution in [-0.4, -0.2) is 24.2 Å². The number of carbonyl (C=O) groups is 1. The van der Waals surface area contributed by atoms with E-state index in [2.05, 4.69) is 0 Å². The molecule has 5 nitrogen and oxygen atoms in total. The minimum Gasteiger partial charge on any atom is -0.368 e. The number of anilines is 2. The molecule has 126 valence electrons. The maximum atomic E-state index is 14.1. The highest BCUT2D eigenvalue weighted by molar-refractivity contribution is 6.31. The molecule has 3 N–H and O–H groups in total. The first kappa shape index (κ1) is 16.7. The van der Waals surface area contributed by atoms with E-state index in [1.54, 1.807) is 36.2 Å². The summed E-state index contributed by atoms with van der Waals surface area (Å²) >= 11 is 5.82. The number of hydrogen-bond donors (Lipinski definition) is 2. The van der Waals surface area contributed by atoms with Crippen LogP contribution in [0.15, 0.2) is 36.4 Å². The molecule has 0 saturated carbocycles. The van der Waals surface area contributed by atoms with Gasteiger partial charge in [0, 0.05) is 13.6 Å². The Morgan fingerprint density at radius 3 is 2.92 bits per heavy atom. The molecule has 1 atom stereocenters. The van der Waals surface area contributed by atoms with Crippen LogP contribution in [0.25, 0.3) is 0 Å². The molecule has 0 unspecified atom stereocenters. The number of hydroxylamine groups is 1. The molecule has 0 radical (unpaired) electrons.